The number of amides is 1. The quantitative estimate of drug-likeness (QED) is 0.331. The van der Waals surface area contributed by atoms with Crippen LogP contribution in [-0.4, -0.2) is 57.6 Å². The Bertz CT molecular complexity index is 1270. The van der Waals surface area contributed by atoms with Crippen molar-refractivity contribution in [2.45, 2.75) is 53.5 Å². The molecule has 1 amide bonds. The number of nitrogens with one attached hydrogen (secondary N) is 1. The number of carbonyl (C=O) groups is 1. The van der Waals surface area contributed by atoms with Crippen LogP contribution in [0.15, 0.2) is 30.3 Å². The molecule has 0 radical (unpaired) electrons. The highest BCUT2D eigenvalue weighted by molar-refractivity contribution is 6.00. The van der Waals surface area contributed by atoms with E-state index in [1.54, 1.807) is 4.90 Å². The Labute approximate surface area is 218 Å². The van der Waals surface area contributed by atoms with Gasteiger partial charge in [0, 0.05) is 24.3 Å². The highest BCUT2D eigenvalue weighted by Gasteiger charge is 2.42. The topological polar surface area (TPSA) is 108 Å². The number of H-pyrrole nitrogens is 1. The molecule has 37 heavy (non-hydrogen) atoms. The van der Waals surface area contributed by atoms with Gasteiger partial charge in [0.2, 0.25) is 0 Å². The van der Waals surface area contributed by atoms with E-state index in [1.165, 1.54) is 0 Å². The average molecular weight is 508 g/mol. The molecule has 2 aromatic carbocycles. The Morgan fingerprint density at radius 2 is 1.92 bits per heavy atom. The first-order valence-electron chi connectivity index (χ1n) is 13.0. The Hall–Kier alpha value is -3.52. The number of rotatable bonds is 11. The summed E-state index contributed by atoms with van der Waals surface area (Å²) in [6.45, 7) is 11.4. The summed E-state index contributed by atoms with van der Waals surface area (Å²) in [4.78, 5) is 15.2. The second-order valence-corrected chi connectivity index (χ2v) is 9.99. The Morgan fingerprint density at radius 3 is 2.62 bits per heavy atom. The van der Waals surface area contributed by atoms with Crippen LogP contribution in [0.2, 0.25) is 0 Å². The van der Waals surface area contributed by atoms with E-state index in [4.69, 9.17) is 9.47 Å². The maximum atomic E-state index is 13.5. The standard InChI is InChI=1S/C29H37N3O5/c1-6-36-23-16-20(8-9-22(23)37-13-10-17(2)3)27-24-25(21-15-18(4)14-19(5)28(21)34)30-31-26(24)29(35)32(27)11-7-12-33/h8-9,14-17,27,33-34H,6-7,10-13H2,1-5H3,(H,30,31). The minimum Gasteiger partial charge on any atom is -0.507 e. The molecule has 1 atom stereocenters. The van der Waals surface area contributed by atoms with Crippen molar-refractivity contribution in [3.05, 3.63) is 58.3 Å². The molecule has 1 aliphatic rings. The van der Waals surface area contributed by atoms with E-state index in [1.807, 2.05) is 51.1 Å². The van der Waals surface area contributed by atoms with E-state index >= 15 is 0 Å². The van der Waals surface area contributed by atoms with Crippen LogP contribution in [0.1, 0.15) is 72.4 Å². The fourth-order valence-corrected chi connectivity index (χ4v) is 4.85. The van der Waals surface area contributed by atoms with Crippen molar-refractivity contribution >= 4 is 5.91 Å². The highest BCUT2D eigenvalue weighted by atomic mass is 16.5. The second-order valence-electron chi connectivity index (χ2n) is 9.99. The molecule has 0 bridgehead atoms. The molecule has 198 valence electrons. The Balaban J connectivity index is 1.82. The SMILES string of the molecule is CCOc1cc(C2c3c(-c4cc(C)cc(C)c4O)n[nH]c3C(=O)N2CCCO)ccc1OCCC(C)C. The zero-order valence-corrected chi connectivity index (χ0v) is 22.3. The van der Waals surface area contributed by atoms with Crippen LogP contribution in [0.4, 0.5) is 0 Å². The summed E-state index contributed by atoms with van der Waals surface area (Å²) in [7, 11) is 0. The molecule has 2 heterocycles. The lowest BCUT2D eigenvalue weighted by atomic mass is 9.94. The van der Waals surface area contributed by atoms with Crippen LogP contribution in [0.5, 0.6) is 17.2 Å². The minimum absolute atomic E-state index is 0.0276. The monoisotopic (exact) mass is 507 g/mol. The summed E-state index contributed by atoms with van der Waals surface area (Å²) in [5.74, 6) is 1.76. The molecular weight excluding hydrogens is 470 g/mol. The van der Waals surface area contributed by atoms with Gasteiger partial charge in [0.1, 0.15) is 17.1 Å². The zero-order valence-electron chi connectivity index (χ0n) is 22.3. The summed E-state index contributed by atoms with van der Waals surface area (Å²) in [6.07, 6.45) is 1.37. The minimum atomic E-state index is -0.466. The van der Waals surface area contributed by atoms with E-state index in [0.717, 1.165) is 23.1 Å². The summed E-state index contributed by atoms with van der Waals surface area (Å²) in [5, 5.41) is 27.8. The third-order valence-corrected chi connectivity index (χ3v) is 6.66. The molecule has 8 heteroatoms. The third-order valence-electron chi connectivity index (χ3n) is 6.66. The van der Waals surface area contributed by atoms with Gasteiger partial charge >= 0.3 is 0 Å². The molecule has 1 aromatic heterocycles. The van der Waals surface area contributed by atoms with Crippen molar-refractivity contribution in [2.75, 3.05) is 26.4 Å². The number of nitrogens with zero attached hydrogens (tertiary/aromatic N) is 2. The molecule has 0 saturated carbocycles. The number of aliphatic hydroxyl groups is 1. The number of aliphatic hydroxyl groups excluding tert-OH is 1. The maximum absolute atomic E-state index is 13.5. The Morgan fingerprint density at radius 1 is 1.14 bits per heavy atom. The van der Waals surface area contributed by atoms with Gasteiger partial charge in [-0.2, -0.15) is 5.10 Å². The molecular formula is C29H37N3O5. The number of aryl methyl sites for hydroxylation is 2. The van der Waals surface area contributed by atoms with Crippen LogP contribution in [0.3, 0.4) is 0 Å². The number of ether oxygens (including phenoxy) is 2. The maximum Gasteiger partial charge on any atom is 0.273 e. The van der Waals surface area contributed by atoms with Crippen LogP contribution in [0.25, 0.3) is 11.3 Å². The first-order valence-corrected chi connectivity index (χ1v) is 13.0. The van der Waals surface area contributed by atoms with E-state index in [9.17, 15) is 15.0 Å². The molecule has 0 fully saturated rings. The fraction of sp³-hybridized carbons (Fsp3) is 0.448. The normalized spacial score (nSPS) is 14.9. The van der Waals surface area contributed by atoms with Gasteiger partial charge in [-0.15, -0.1) is 0 Å². The van der Waals surface area contributed by atoms with Crippen LogP contribution in [-0.2, 0) is 0 Å². The van der Waals surface area contributed by atoms with Gasteiger partial charge in [0.15, 0.2) is 11.5 Å². The number of carbonyl (C=O) groups excluding carboxylic acids is 1. The zero-order chi connectivity index (χ0) is 26.7. The number of fused-ring (bicyclic) bond motifs is 1. The van der Waals surface area contributed by atoms with E-state index in [2.05, 4.69) is 24.0 Å². The van der Waals surface area contributed by atoms with Crippen LogP contribution < -0.4 is 9.47 Å². The molecule has 1 aliphatic heterocycles. The summed E-state index contributed by atoms with van der Waals surface area (Å²) < 4.78 is 12.0. The molecule has 8 nitrogen and oxygen atoms in total. The number of phenols is 1. The average Bonchev–Trinajstić information content (AvgIpc) is 3.39. The molecule has 0 saturated heterocycles. The number of hydrogen-bond acceptors (Lipinski definition) is 6. The summed E-state index contributed by atoms with van der Waals surface area (Å²) >= 11 is 0. The molecule has 3 N–H and O–H groups in total. The predicted octanol–water partition coefficient (Wildman–Crippen LogP) is 5.15. The van der Waals surface area contributed by atoms with Crippen LogP contribution in [0, 0.1) is 19.8 Å². The van der Waals surface area contributed by atoms with Crippen molar-refractivity contribution in [3.8, 4) is 28.5 Å². The van der Waals surface area contributed by atoms with Gasteiger partial charge < -0.3 is 24.6 Å². The lowest BCUT2D eigenvalue weighted by molar-refractivity contribution is 0.0732. The smallest absolute Gasteiger partial charge is 0.273 e. The van der Waals surface area contributed by atoms with Crippen molar-refractivity contribution < 1.29 is 24.5 Å². The number of aromatic nitrogens is 2. The fourth-order valence-electron chi connectivity index (χ4n) is 4.85. The van der Waals surface area contributed by atoms with Crippen molar-refractivity contribution in [1.82, 2.24) is 15.1 Å². The van der Waals surface area contributed by atoms with Crippen LogP contribution >= 0.6 is 0 Å². The van der Waals surface area contributed by atoms with Gasteiger partial charge in [-0.1, -0.05) is 26.0 Å². The lowest BCUT2D eigenvalue weighted by Crippen LogP contribution is -2.31. The van der Waals surface area contributed by atoms with E-state index < -0.39 is 6.04 Å². The number of aromatic amines is 1. The Kier molecular flexibility index (Phi) is 8.07. The van der Waals surface area contributed by atoms with E-state index in [-0.39, 0.29) is 18.3 Å². The first kappa shape index (κ1) is 26.5. The van der Waals surface area contributed by atoms with Gasteiger partial charge in [0.25, 0.3) is 5.91 Å². The summed E-state index contributed by atoms with van der Waals surface area (Å²) in [6, 6.07) is 9.09. The lowest BCUT2D eigenvalue weighted by Gasteiger charge is -2.27. The highest BCUT2D eigenvalue weighted by Crippen LogP contribution is 2.46. The number of hydrogen-bond donors (Lipinski definition) is 3. The van der Waals surface area contributed by atoms with Gasteiger partial charge in [-0.25, -0.2) is 0 Å². The number of phenolic OH excluding ortho intramolecular Hbond substituents is 1. The molecule has 3 aromatic rings. The van der Waals surface area contributed by atoms with Gasteiger partial charge in [0.05, 0.1) is 19.3 Å². The van der Waals surface area contributed by atoms with Crippen molar-refractivity contribution in [1.29, 1.82) is 0 Å². The largest absolute Gasteiger partial charge is 0.507 e. The second kappa shape index (κ2) is 11.3. The van der Waals surface area contributed by atoms with E-state index in [0.29, 0.717) is 66.1 Å². The summed E-state index contributed by atoms with van der Waals surface area (Å²) in [5.41, 5.74) is 4.80. The molecule has 0 aliphatic carbocycles. The van der Waals surface area contributed by atoms with Crippen molar-refractivity contribution in [3.63, 3.8) is 0 Å². The molecule has 4 rings (SSSR count). The number of aromatic hydroxyl groups is 1. The third kappa shape index (κ3) is 5.30. The van der Waals surface area contributed by atoms with Crippen molar-refractivity contribution in [2.24, 2.45) is 5.92 Å². The van der Waals surface area contributed by atoms with Gasteiger partial charge in [-0.05, 0) is 74.4 Å². The predicted molar refractivity (Wildman–Crippen MR) is 142 cm³/mol. The van der Waals surface area contributed by atoms with Gasteiger partial charge in [-0.3, -0.25) is 9.89 Å². The molecule has 1 unspecified atom stereocenters. The number of benzene rings is 2. The first-order chi connectivity index (χ1) is 17.8. The molecule has 0 spiro atoms.